The number of ether oxygens (including phenoxy) is 1. The maximum Gasteiger partial charge on any atom is 0.0469 e. The standard InChI is InChI=1S/C11H17NOS/c1-4-13-5-2-10(1)7-12-8-11-3-6-14-9-11/h3,6,9-10,12H,1-2,4-5,7-8H2. The number of hydrogen-bond donors (Lipinski definition) is 1. The zero-order valence-electron chi connectivity index (χ0n) is 8.37. The minimum Gasteiger partial charge on any atom is -0.381 e. The molecule has 1 aliphatic rings. The molecule has 2 heterocycles. The van der Waals surface area contributed by atoms with Crippen LogP contribution in [0.1, 0.15) is 18.4 Å². The van der Waals surface area contributed by atoms with E-state index in [1.165, 1.54) is 18.4 Å². The minimum absolute atomic E-state index is 0.822. The van der Waals surface area contributed by atoms with Gasteiger partial charge >= 0.3 is 0 Å². The minimum atomic E-state index is 0.822. The molecule has 3 heteroatoms. The highest BCUT2D eigenvalue weighted by Gasteiger charge is 2.12. The van der Waals surface area contributed by atoms with Crippen LogP contribution >= 0.6 is 11.3 Å². The Hall–Kier alpha value is -0.380. The van der Waals surface area contributed by atoms with Crippen molar-refractivity contribution in [2.24, 2.45) is 5.92 Å². The van der Waals surface area contributed by atoms with Crippen LogP contribution in [0, 0.1) is 5.92 Å². The third kappa shape index (κ3) is 3.08. The summed E-state index contributed by atoms with van der Waals surface area (Å²) in [6.07, 6.45) is 2.44. The van der Waals surface area contributed by atoms with Crippen molar-refractivity contribution < 1.29 is 4.74 Å². The fourth-order valence-electron chi connectivity index (χ4n) is 1.76. The largest absolute Gasteiger partial charge is 0.381 e. The zero-order chi connectivity index (χ0) is 9.64. The Balaban J connectivity index is 1.62. The highest BCUT2D eigenvalue weighted by molar-refractivity contribution is 7.07. The molecule has 0 atom stereocenters. The lowest BCUT2D eigenvalue weighted by molar-refractivity contribution is 0.0662. The van der Waals surface area contributed by atoms with Crippen molar-refractivity contribution in [3.63, 3.8) is 0 Å². The monoisotopic (exact) mass is 211 g/mol. The molecule has 0 bridgehead atoms. The van der Waals surface area contributed by atoms with Crippen LogP contribution in [0.4, 0.5) is 0 Å². The molecule has 2 rings (SSSR count). The van der Waals surface area contributed by atoms with E-state index in [9.17, 15) is 0 Å². The molecule has 1 saturated heterocycles. The van der Waals surface area contributed by atoms with Crippen LogP contribution in [-0.4, -0.2) is 19.8 Å². The summed E-state index contributed by atoms with van der Waals surface area (Å²) in [7, 11) is 0. The SMILES string of the molecule is c1cc(CNCC2CCOCC2)cs1. The lowest BCUT2D eigenvalue weighted by Gasteiger charge is -2.22. The van der Waals surface area contributed by atoms with Crippen molar-refractivity contribution in [1.82, 2.24) is 5.32 Å². The predicted octanol–water partition coefficient (Wildman–Crippen LogP) is 2.26. The highest BCUT2D eigenvalue weighted by Crippen LogP contribution is 2.13. The number of nitrogens with one attached hydrogen (secondary N) is 1. The molecule has 0 amide bonds. The van der Waals surface area contributed by atoms with E-state index in [1.807, 2.05) is 0 Å². The van der Waals surface area contributed by atoms with E-state index in [1.54, 1.807) is 11.3 Å². The van der Waals surface area contributed by atoms with Crippen LogP contribution in [0.2, 0.25) is 0 Å². The Morgan fingerprint density at radius 2 is 2.29 bits per heavy atom. The fraction of sp³-hybridized carbons (Fsp3) is 0.636. The third-order valence-electron chi connectivity index (χ3n) is 2.68. The molecule has 0 spiro atoms. The molecule has 0 saturated carbocycles. The second-order valence-corrected chi connectivity index (χ2v) is 4.60. The van der Waals surface area contributed by atoms with Gasteiger partial charge in [0, 0.05) is 19.8 Å². The molecule has 0 unspecified atom stereocenters. The Bertz CT molecular complexity index is 242. The summed E-state index contributed by atoms with van der Waals surface area (Å²) in [6.45, 7) is 4.05. The molecule has 78 valence electrons. The van der Waals surface area contributed by atoms with Gasteiger partial charge in [-0.3, -0.25) is 0 Å². The average Bonchev–Trinajstić information content (AvgIpc) is 2.72. The smallest absolute Gasteiger partial charge is 0.0469 e. The molecule has 14 heavy (non-hydrogen) atoms. The summed E-state index contributed by atoms with van der Waals surface area (Å²) in [5.74, 6) is 0.822. The summed E-state index contributed by atoms with van der Waals surface area (Å²) in [4.78, 5) is 0. The summed E-state index contributed by atoms with van der Waals surface area (Å²) in [6, 6.07) is 2.18. The van der Waals surface area contributed by atoms with Gasteiger partial charge in [-0.15, -0.1) is 0 Å². The van der Waals surface area contributed by atoms with Crippen LogP contribution in [0.3, 0.4) is 0 Å². The molecular formula is C11H17NOS. The van der Waals surface area contributed by atoms with Crippen molar-refractivity contribution >= 4 is 11.3 Å². The first-order chi connectivity index (χ1) is 6.95. The maximum absolute atomic E-state index is 5.33. The van der Waals surface area contributed by atoms with Gasteiger partial charge in [0.05, 0.1) is 0 Å². The van der Waals surface area contributed by atoms with Crippen LogP contribution < -0.4 is 5.32 Å². The Kier molecular flexibility index (Phi) is 3.98. The van der Waals surface area contributed by atoms with Gasteiger partial charge in [0.2, 0.25) is 0 Å². The van der Waals surface area contributed by atoms with E-state index in [4.69, 9.17) is 4.74 Å². The van der Waals surface area contributed by atoms with Crippen molar-refractivity contribution in [1.29, 1.82) is 0 Å². The van der Waals surface area contributed by atoms with E-state index in [0.717, 1.165) is 32.2 Å². The van der Waals surface area contributed by atoms with Gasteiger partial charge in [-0.05, 0) is 47.7 Å². The van der Waals surface area contributed by atoms with Gasteiger partial charge in [-0.1, -0.05) is 0 Å². The first-order valence-corrected chi connectivity index (χ1v) is 6.19. The van der Waals surface area contributed by atoms with Crippen LogP contribution in [0.15, 0.2) is 16.8 Å². The molecule has 1 aliphatic heterocycles. The molecule has 0 aliphatic carbocycles. The summed E-state index contributed by atoms with van der Waals surface area (Å²) in [5.41, 5.74) is 1.40. The third-order valence-corrected chi connectivity index (χ3v) is 3.42. The van der Waals surface area contributed by atoms with Crippen molar-refractivity contribution in [3.8, 4) is 0 Å². The van der Waals surface area contributed by atoms with Crippen molar-refractivity contribution in [2.75, 3.05) is 19.8 Å². The lowest BCUT2D eigenvalue weighted by Crippen LogP contribution is -2.27. The number of hydrogen-bond acceptors (Lipinski definition) is 3. The molecule has 1 aromatic heterocycles. The van der Waals surface area contributed by atoms with Crippen molar-refractivity contribution in [3.05, 3.63) is 22.4 Å². The van der Waals surface area contributed by atoms with Gasteiger partial charge in [0.25, 0.3) is 0 Å². The summed E-state index contributed by atoms with van der Waals surface area (Å²) < 4.78 is 5.33. The summed E-state index contributed by atoms with van der Waals surface area (Å²) in [5, 5.41) is 7.84. The quantitative estimate of drug-likeness (QED) is 0.825. The topological polar surface area (TPSA) is 21.3 Å². The normalized spacial score (nSPS) is 18.6. The van der Waals surface area contributed by atoms with Gasteiger partial charge in [0.15, 0.2) is 0 Å². The zero-order valence-corrected chi connectivity index (χ0v) is 9.19. The highest BCUT2D eigenvalue weighted by atomic mass is 32.1. The van der Waals surface area contributed by atoms with Gasteiger partial charge in [-0.2, -0.15) is 11.3 Å². The molecule has 1 aromatic rings. The molecule has 1 fully saturated rings. The van der Waals surface area contributed by atoms with E-state index >= 15 is 0 Å². The molecule has 0 aromatic carbocycles. The van der Waals surface area contributed by atoms with Crippen LogP contribution in [0.25, 0.3) is 0 Å². The first kappa shape index (κ1) is 10.1. The Labute approximate surface area is 89.3 Å². The first-order valence-electron chi connectivity index (χ1n) is 5.24. The van der Waals surface area contributed by atoms with E-state index < -0.39 is 0 Å². The lowest BCUT2D eigenvalue weighted by atomic mass is 10.0. The molecule has 1 N–H and O–H groups in total. The predicted molar refractivity (Wildman–Crippen MR) is 59.6 cm³/mol. The van der Waals surface area contributed by atoms with E-state index in [2.05, 4.69) is 22.1 Å². The van der Waals surface area contributed by atoms with Gasteiger partial charge in [-0.25, -0.2) is 0 Å². The second-order valence-electron chi connectivity index (χ2n) is 3.82. The van der Waals surface area contributed by atoms with Gasteiger partial charge < -0.3 is 10.1 Å². The fourth-order valence-corrected chi connectivity index (χ4v) is 2.43. The Morgan fingerprint density at radius 3 is 3.00 bits per heavy atom. The number of thiophene rings is 1. The Morgan fingerprint density at radius 1 is 1.43 bits per heavy atom. The van der Waals surface area contributed by atoms with E-state index in [-0.39, 0.29) is 0 Å². The van der Waals surface area contributed by atoms with E-state index in [0.29, 0.717) is 0 Å². The van der Waals surface area contributed by atoms with Crippen molar-refractivity contribution in [2.45, 2.75) is 19.4 Å². The van der Waals surface area contributed by atoms with Crippen LogP contribution in [0.5, 0.6) is 0 Å². The molecule has 2 nitrogen and oxygen atoms in total. The number of rotatable bonds is 4. The summed E-state index contributed by atoms with van der Waals surface area (Å²) >= 11 is 1.77. The second kappa shape index (κ2) is 5.49. The molecule has 0 radical (unpaired) electrons. The molecular weight excluding hydrogens is 194 g/mol. The maximum atomic E-state index is 5.33. The van der Waals surface area contributed by atoms with Gasteiger partial charge in [0.1, 0.15) is 0 Å². The van der Waals surface area contributed by atoms with Crippen LogP contribution in [-0.2, 0) is 11.3 Å². The average molecular weight is 211 g/mol.